The van der Waals surface area contributed by atoms with Crippen molar-refractivity contribution < 1.29 is 9.18 Å². The summed E-state index contributed by atoms with van der Waals surface area (Å²) in [5, 5.41) is 0.666. The number of pyridine rings is 2. The quantitative estimate of drug-likeness (QED) is 0.612. The number of benzene rings is 1. The van der Waals surface area contributed by atoms with Gasteiger partial charge in [0.15, 0.2) is 0 Å². The number of aryl methyl sites for hydroxylation is 1. The first-order valence-corrected chi connectivity index (χ1v) is 9.25. The summed E-state index contributed by atoms with van der Waals surface area (Å²) in [6.07, 6.45) is 6.47. The average molecular weight is 365 g/mol. The Hall–Kier alpha value is -2.82. The Bertz CT molecular complexity index is 938. The summed E-state index contributed by atoms with van der Waals surface area (Å²) >= 11 is 0. The summed E-state index contributed by atoms with van der Waals surface area (Å²) in [4.78, 5) is 23.7. The molecule has 0 fully saturated rings. The van der Waals surface area contributed by atoms with Crippen LogP contribution in [0.1, 0.15) is 53.8 Å². The minimum atomic E-state index is -0.358. The van der Waals surface area contributed by atoms with Gasteiger partial charge in [-0.2, -0.15) is 0 Å². The molecule has 0 radical (unpaired) electrons. The molecule has 0 bridgehead atoms. The van der Waals surface area contributed by atoms with Crippen molar-refractivity contribution in [1.82, 2.24) is 14.9 Å². The minimum Gasteiger partial charge on any atom is -0.335 e. The molecule has 0 aliphatic carbocycles. The monoisotopic (exact) mass is 365 g/mol. The largest absolute Gasteiger partial charge is 0.335 e. The smallest absolute Gasteiger partial charge is 0.254 e. The van der Waals surface area contributed by atoms with E-state index in [1.807, 2.05) is 32.3 Å². The van der Waals surface area contributed by atoms with Crippen LogP contribution in [0.25, 0.3) is 10.9 Å². The first-order valence-electron chi connectivity index (χ1n) is 9.25. The van der Waals surface area contributed by atoms with Crippen molar-refractivity contribution in [3.05, 3.63) is 71.4 Å². The van der Waals surface area contributed by atoms with Gasteiger partial charge in [-0.15, -0.1) is 0 Å². The highest BCUT2D eigenvalue weighted by atomic mass is 19.1. The van der Waals surface area contributed by atoms with Crippen molar-refractivity contribution in [3.8, 4) is 0 Å². The maximum Gasteiger partial charge on any atom is 0.254 e. The van der Waals surface area contributed by atoms with Gasteiger partial charge in [0.25, 0.3) is 5.91 Å². The Morgan fingerprint density at radius 3 is 2.78 bits per heavy atom. The van der Waals surface area contributed by atoms with Gasteiger partial charge in [0.1, 0.15) is 5.82 Å². The Balaban J connectivity index is 2.01. The zero-order valence-corrected chi connectivity index (χ0v) is 15.9. The van der Waals surface area contributed by atoms with Gasteiger partial charge in [-0.3, -0.25) is 14.8 Å². The predicted molar refractivity (Wildman–Crippen MR) is 105 cm³/mol. The molecule has 1 unspecified atom stereocenters. The average Bonchev–Trinajstić information content (AvgIpc) is 2.67. The van der Waals surface area contributed by atoms with Gasteiger partial charge in [-0.25, -0.2) is 4.39 Å². The highest BCUT2D eigenvalue weighted by Crippen LogP contribution is 2.28. The molecule has 0 aliphatic rings. The molecular weight excluding hydrogens is 341 g/mol. The molecule has 2 aromatic heterocycles. The van der Waals surface area contributed by atoms with Crippen LogP contribution in [0.3, 0.4) is 0 Å². The summed E-state index contributed by atoms with van der Waals surface area (Å²) in [5.41, 5.74) is 2.75. The zero-order valence-electron chi connectivity index (χ0n) is 15.9. The van der Waals surface area contributed by atoms with Gasteiger partial charge in [0.05, 0.1) is 17.1 Å². The molecule has 0 N–H and O–H groups in total. The third-order valence-electron chi connectivity index (χ3n) is 4.82. The number of halogens is 1. The summed E-state index contributed by atoms with van der Waals surface area (Å²) < 4.78 is 13.6. The van der Waals surface area contributed by atoms with E-state index in [4.69, 9.17) is 0 Å². The van der Waals surface area contributed by atoms with Gasteiger partial charge in [-0.1, -0.05) is 25.8 Å². The van der Waals surface area contributed by atoms with Crippen molar-refractivity contribution in [3.63, 3.8) is 0 Å². The van der Waals surface area contributed by atoms with Crippen molar-refractivity contribution in [1.29, 1.82) is 0 Å². The van der Waals surface area contributed by atoms with Crippen LogP contribution in [0.15, 0.2) is 48.8 Å². The Morgan fingerprint density at radius 2 is 2.07 bits per heavy atom. The number of nitrogens with zero attached hydrogens (tertiary/aromatic N) is 3. The number of hydrogen-bond donors (Lipinski definition) is 0. The van der Waals surface area contributed by atoms with E-state index in [1.165, 1.54) is 12.1 Å². The van der Waals surface area contributed by atoms with Crippen LogP contribution < -0.4 is 0 Å². The van der Waals surface area contributed by atoms with Gasteiger partial charge in [0.2, 0.25) is 0 Å². The predicted octanol–water partition coefficient (Wildman–Crippen LogP) is 5.08. The van der Waals surface area contributed by atoms with Crippen LogP contribution in [0.4, 0.5) is 4.39 Å². The molecule has 0 spiro atoms. The van der Waals surface area contributed by atoms with E-state index in [0.29, 0.717) is 22.2 Å². The van der Waals surface area contributed by atoms with E-state index in [-0.39, 0.29) is 17.8 Å². The zero-order chi connectivity index (χ0) is 19.4. The summed E-state index contributed by atoms with van der Waals surface area (Å²) in [6.45, 7) is 3.95. The van der Waals surface area contributed by atoms with Gasteiger partial charge >= 0.3 is 0 Å². The van der Waals surface area contributed by atoms with Crippen LogP contribution in [0.2, 0.25) is 0 Å². The Morgan fingerprint density at radius 1 is 1.26 bits per heavy atom. The van der Waals surface area contributed by atoms with E-state index < -0.39 is 0 Å². The van der Waals surface area contributed by atoms with Crippen LogP contribution >= 0.6 is 0 Å². The molecule has 140 valence electrons. The van der Waals surface area contributed by atoms with Crippen LogP contribution in [-0.4, -0.2) is 27.8 Å². The lowest BCUT2D eigenvalue weighted by atomic mass is 9.99. The summed E-state index contributed by atoms with van der Waals surface area (Å²) in [6, 6.07) is 9.97. The number of rotatable bonds is 6. The molecule has 27 heavy (non-hydrogen) atoms. The lowest BCUT2D eigenvalue weighted by Gasteiger charge is -2.29. The summed E-state index contributed by atoms with van der Waals surface area (Å²) in [7, 11) is 1.82. The Labute approximate surface area is 159 Å². The van der Waals surface area contributed by atoms with Crippen molar-refractivity contribution in [2.45, 2.75) is 39.2 Å². The normalized spacial score (nSPS) is 12.1. The standard InChI is InChI=1S/C22H24FN3O/c1-4-5-8-21(16-7-6-11-24-14-16)26(3)22(27)19-12-15(2)25-20-13-17(23)9-10-18(19)20/h6-7,9-14,21H,4-5,8H2,1-3H3. The molecule has 5 heteroatoms. The number of carbonyl (C=O) groups is 1. The summed E-state index contributed by atoms with van der Waals surface area (Å²) in [5.74, 6) is -0.453. The third-order valence-corrected chi connectivity index (χ3v) is 4.82. The van der Waals surface area contributed by atoms with Crippen LogP contribution in [-0.2, 0) is 0 Å². The maximum absolute atomic E-state index is 13.6. The van der Waals surface area contributed by atoms with Crippen LogP contribution in [0, 0.1) is 12.7 Å². The van der Waals surface area contributed by atoms with E-state index in [1.54, 1.807) is 23.2 Å². The van der Waals surface area contributed by atoms with E-state index in [0.717, 1.165) is 24.8 Å². The van der Waals surface area contributed by atoms with Crippen molar-refractivity contribution in [2.24, 2.45) is 0 Å². The van der Waals surface area contributed by atoms with Crippen LogP contribution in [0.5, 0.6) is 0 Å². The van der Waals surface area contributed by atoms with Crippen molar-refractivity contribution >= 4 is 16.8 Å². The second-order valence-corrected chi connectivity index (χ2v) is 6.83. The lowest BCUT2D eigenvalue weighted by Crippen LogP contribution is -2.31. The number of unbranched alkanes of at least 4 members (excludes halogenated alkanes) is 1. The first-order chi connectivity index (χ1) is 13.0. The van der Waals surface area contributed by atoms with E-state index >= 15 is 0 Å². The second-order valence-electron chi connectivity index (χ2n) is 6.83. The lowest BCUT2D eigenvalue weighted by molar-refractivity contribution is 0.0722. The first kappa shape index (κ1) is 19.0. The molecular formula is C22H24FN3O. The molecule has 3 aromatic rings. The van der Waals surface area contributed by atoms with Crippen molar-refractivity contribution in [2.75, 3.05) is 7.05 Å². The van der Waals surface area contributed by atoms with E-state index in [2.05, 4.69) is 16.9 Å². The molecule has 1 aromatic carbocycles. The minimum absolute atomic E-state index is 0.0601. The Kier molecular flexibility index (Phi) is 5.79. The number of fused-ring (bicyclic) bond motifs is 1. The van der Waals surface area contributed by atoms with Gasteiger partial charge in [0, 0.05) is 36.6 Å². The molecule has 2 heterocycles. The molecule has 4 nitrogen and oxygen atoms in total. The molecule has 3 rings (SSSR count). The topological polar surface area (TPSA) is 46.1 Å². The number of amides is 1. The van der Waals surface area contributed by atoms with Gasteiger partial charge in [-0.05, 0) is 43.2 Å². The van der Waals surface area contributed by atoms with E-state index in [9.17, 15) is 9.18 Å². The number of aromatic nitrogens is 2. The maximum atomic E-state index is 13.6. The number of hydrogen-bond acceptors (Lipinski definition) is 3. The third kappa shape index (κ3) is 4.13. The molecule has 0 saturated heterocycles. The highest BCUT2D eigenvalue weighted by molar-refractivity contribution is 6.06. The highest BCUT2D eigenvalue weighted by Gasteiger charge is 2.24. The molecule has 1 atom stereocenters. The fourth-order valence-corrected chi connectivity index (χ4v) is 3.40. The fourth-order valence-electron chi connectivity index (χ4n) is 3.40. The number of carbonyl (C=O) groups excluding carboxylic acids is 1. The SMILES string of the molecule is CCCCC(c1cccnc1)N(C)C(=O)c1cc(C)nc2cc(F)ccc12. The fraction of sp³-hybridized carbons (Fsp3) is 0.318. The molecule has 0 saturated carbocycles. The van der Waals surface area contributed by atoms with Gasteiger partial charge < -0.3 is 4.90 Å². The molecule has 0 aliphatic heterocycles. The molecule has 1 amide bonds. The second kappa shape index (κ2) is 8.25.